The first-order valence-electron chi connectivity index (χ1n) is 6.74. The molecular weight excluding hydrogens is 295 g/mol. The molecule has 1 unspecified atom stereocenters. The zero-order chi connectivity index (χ0) is 14.8. The molecule has 1 fully saturated rings. The third-order valence-electron chi connectivity index (χ3n) is 3.71. The van der Waals surface area contributed by atoms with Crippen LogP contribution in [-0.2, 0) is 0 Å². The van der Waals surface area contributed by atoms with E-state index < -0.39 is 5.82 Å². The number of nitrogens with zero attached hydrogens (tertiary/aromatic N) is 3. The van der Waals surface area contributed by atoms with Crippen molar-refractivity contribution in [1.82, 2.24) is 20.1 Å². The standard InChI is InChI=1S/C14H14ClFN4O/c15-13-11(6-10(16)7-17-13)14(21)20-5-1-2-9(8-20)12-3-4-18-19-12/h3-4,6-7,9H,1-2,5,8H2,(H,18,19). The molecule has 0 radical (unpaired) electrons. The molecule has 0 saturated carbocycles. The molecule has 7 heteroatoms. The molecular formula is C14H14ClFN4O. The van der Waals surface area contributed by atoms with Crippen LogP contribution in [0, 0.1) is 5.82 Å². The third kappa shape index (κ3) is 2.90. The van der Waals surface area contributed by atoms with Gasteiger partial charge in [0, 0.05) is 30.9 Å². The maximum Gasteiger partial charge on any atom is 0.257 e. The molecule has 110 valence electrons. The zero-order valence-electron chi connectivity index (χ0n) is 11.2. The number of carbonyl (C=O) groups is 1. The summed E-state index contributed by atoms with van der Waals surface area (Å²) in [6.07, 6.45) is 4.57. The molecule has 0 spiro atoms. The Hall–Kier alpha value is -1.95. The number of halogens is 2. The Labute approximate surface area is 126 Å². The summed E-state index contributed by atoms with van der Waals surface area (Å²) in [6, 6.07) is 3.05. The van der Waals surface area contributed by atoms with E-state index in [0.29, 0.717) is 13.1 Å². The molecule has 3 heterocycles. The van der Waals surface area contributed by atoms with Crippen molar-refractivity contribution >= 4 is 17.5 Å². The van der Waals surface area contributed by atoms with Crippen LogP contribution in [0.3, 0.4) is 0 Å². The SMILES string of the molecule is O=C(c1cc(F)cnc1Cl)N1CCCC(c2ccn[nH]2)C1. The fourth-order valence-corrected chi connectivity index (χ4v) is 2.84. The molecule has 1 aliphatic heterocycles. The number of carbonyl (C=O) groups excluding carboxylic acids is 1. The fraction of sp³-hybridized carbons (Fsp3) is 0.357. The van der Waals surface area contributed by atoms with E-state index in [4.69, 9.17) is 11.6 Å². The lowest BCUT2D eigenvalue weighted by atomic mass is 9.94. The lowest BCUT2D eigenvalue weighted by Crippen LogP contribution is -2.39. The minimum Gasteiger partial charge on any atom is -0.338 e. The summed E-state index contributed by atoms with van der Waals surface area (Å²) in [5.74, 6) is -0.633. The average Bonchev–Trinajstić information content (AvgIpc) is 3.03. The van der Waals surface area contributed by atoms with E-state index in [1.165, 1.54) is 0 Å². The highest BCUT2D eigenvalue weighted by Crippen LogP contribution is 2.27. The minimum absolute atomic E-state index is 0.0325. The highest BCUT2D eigenvalue weighted by atomic mass is 35.5. The van der Waals surface area contributed by atoms with Gasteiger partial charge >= 0.3 is 0 Å². The second kappa shape index (κ2) is 5.81. The van der Waals surface area contributed by atoms with E-state index >= 15 is 0 Å². The molecule has 21 heavy (non-hydrogen) atoms. The first kappa shape index (κ1) is 14.0. The normalized spacial score (nSPS) is 18.8. The Morgan fingerprint density at radius 1 is 1.52 bits per heavy atom. The first-order chi connectivity index (χ1) is 10.1. The van der Waals surface area contributed by atoms with Crippen LogP contribution in [0.4, 0.5) is 4.39 Å². The number of piperidine rings is 1. The number of hydrogen-bond donors (Lipinski definition) is 1. The molecule has 1 atom stereocenters. The van der Waals surface area contributed by atoms with Gasteiger partial charge in [0.15, 0.2) is 0 Å². The summed E-state index contributed by atoms with van der Waals surface area (Å²) in [5.41, 5.74) is 1.12. The van der Waals surface area contributed by atoms with Gasteiger partial charge in [0.2, 0.25) is 0 Å². The second-order valence-corrected chi connectivity index (χ2v) is 5.45. The molecule has 0 aromatic carbocycles. The number of rotatable bonds is 2. The second-order valence-electron chi connectivity index (χ2n) is 5.09. The molecule has 0 bridgehead atoms. The van der Waals surface area contributed by atoms with Crippen molar-refractivity contribution in [3.05, 3.63) is 46.8 Å². The van der Waals surface area contributed by atoms with E-state index in [2.05, 4.69) is 15.2 Å². The van der Waals surface area contributed by atoms with Crippen molar-refractivity contribution in [1.29, 1.82) is 0 Å². The molecule has 2 aromatic heterocycles. The van der Waals surface area contributed by atoms with Crippen molar-refractivity contribution < 1.29 is 9.18 Å². The van der Waals surface area contributed by atoms with Crippen LogP contribution >= 0.6 is 11.6 Å². The predicted octanol–water partition coefficient (Wildman–Crippen LogP) is 2.62. The Morgan fingerprint density at radius 2 is 2.38 bits per heavy atom. The van der Waals surface area contributed by atoms with Gasteiger partial charge < -0.3 is 4.90 Å². The van der Waals surface area contributed by atoms with E-state index in [1.807, 2.05) is 6.07 Å². The fourth-order valence-electron chi connectivity index (χ4n) is 2.65. The number of pyridine rings is 1. The lowest BCUT2D eigenvalue weighted by Gasteiger charge is -2.32. The van der Waals surface area contributed by atoms with Crippen molar-refractivity contribution in [2.24, 2.45) is 0 Å². The van der Waals surface area contributed by atoms with Gasteiger partial charge in [-0.05, 0) is 25.0 Å². The van der Waals surface area contributed by atoms with Crippen LogP contribution < -0.4 is 0 Å². The van der Waals surface area contributed by atoms with Crippen LogP contribution in [-0.4, -0.2) is 39.1 Å². The van der Waals surface area contributed by atoms with Crippen LogP contribution in [0.25, 0.3) is 0 Å². The topological polar surface area (TPSA) is 61.9 Å². The van der Waals surface area contributed by atoms with Crippen molar-refractivity contribution in [2.45, 2.75) is 18.8 Å². The van der Waals surface area contributed by atoms with Gasteiger partial charge in [-0.15, -0.1) is 0 Å². The lowest BCUT2D eigenvalue weighted by molar-refractivity contribution is 0.0705. The Kier molecular flexibility index (Phi) is 3.88. The van der Waals surface area contributed by atoms with Crippen LogP contribution in [0.15, 0.2) is 24.5 Å². The summed E-state index contributed by atoms with van der Waals surface area (Å²) in [4.78, 5) is 17.9. The number of aromatic amines is 1. The highest BCUT2D eigenvalue weighted by molar-refractivity contribution is 6.32. The van der Waals surface area contributed by atoms with Gasteiger partial charge in [0.1, 0.15) is 11.0 Å². The molecule has 0 aliphatic carbocycles. The van der Waals surface area contributed by atoms with Gasteiger partial charge in [-0.2, -0.15) is 5.10 Å². The van der Waals surface area contributed by atoms with Gasteiger partial charge in [0.25, 0.3) is 5.91 Å². The van der Waals surface area contributed by atoms with Gasteiger partial charge in [-0.3, -0.25) is 9.89 Å². The molecule has 1 saturated heterocycles. The van der Waals surface area contributed by atoms with E-state index in [9.17, 15) is 9.18 Å². The van der Waals surface area contributed by atoms with Gasteiger partial charge in [0.05, 0.1) is 11.8 Å². The number of nitrogens with one attached hydrogen (secondary N) is 1. The summed E-state index contributed by atoms with van der Waals surface area (Å²) in [6.45, 7) is 1.20. The maximum atomic E-state index is 13.3. The van der Waals surface area contributed by atoms with Crippen molar-refractivity contribution in [3.63, 3.8) is 0 Å². The van der Waals surface area contributed by atoms with Gasteiger partial charge in [-0.25, -0.2) is 9.37 Å². The van der Waals surface area contributed by atoms with Gasteiger partial charge in [-0.1, -0.05) is 11.6 Å². The van der Waals surface area contributed by atoms with Crippen molar-refractivity contribution in [2.75, 3.05) is 13.1 Å². The average molecular weight is 309 g/mol. The number of aromatic nitrogens is 3. The molecule has 5 nitrogen and oxygen atoms in total. The molecule has 3 rings (SSSR count). The summed E-state index contributed by atoms with van der Waals surface area (Å²) < 4.78 is 13.3. The molecule has 1 amide bonds. The maximum absolute atomic E-state index is 13.3. The number of hydrogen-bond acceptors (Lipinski definition) is 3. The number of H-pyrrole nitrogens is 1. The highest BCUT2D eigenvalue weighted by Gasteiger charge is 2.27. The quantitative estimate of drug-likeness (QED) is 0.868. The Morgan fingerprint density at radius 3 is 3.14 bits per heavy atom. The molecule has 1 aliphatic rings. The Bertz CT molecular complexity index is 646. The minimum atomic E-state index is -0.565. The smallest absolute Gasteiger partial charge is 0.257 e. The Balaban J connectivity index is 1.79. The van der Waals surface area contributed by atoms with Crippen LogP contribution in [0.2, 0.25) is 5.15 Å². The summed E-state index contributed by atoms with van der Waals surface area (Å²) in [5, 5.41) is 6.91. The predicted molar refractivity (Wildman–Crippen MR) is 75.7 cm³/mol. The van der Waals surface area contributed by atoms with Crippen molar-refractivity contribution in [3.8, 4) is 0 Å². The molecule has 2 aromatic rings. The van der Waals surface area contributed by atoms with Crippen LogP contribution in [0.1, 0.15) is 34.8 Å². The largest absolute Gasteiger partial charge is 0.338 e. The van der Waals surface area contributed by atoms with Crippen LogP contribution in [0.5, 0.6) is 0 Å². The van der Waals surface area contributed by atoms with E-state index in [0.717, 1.165) is 30.8 Å². The number of amides is 1. The number of likely N-dealkylation sites (tertiary alicyclic amines) is 1. The monoisotopic (exact) mass is 308 g/mol. The molecule has 1 N–H and O–H groups in total. The summed E-state index contributed by atoms with van der Waals surface area (Å²) in [7, 11) is 0. The van der Waals surface area contributed by atoms with E-state index in [1.54, 1.807) is 11.1 Å². The zero-order valence-corrected chi connectivity index (χ0v) is 12.0. The summed E-state index contributed by atoms with van der Waals surface area (Å²) >= 11 is 5.90. The third-order valence-corrected chi connectivity index (χ3v) is 4.01. The van der Waals surface area contributed by atoms with E-state index in [-0.39, 0.29) is 22.5 Å². The first-order valence-corrected chi connectivity index (χ1v) is 7.12.